The normalized spacial score (nSPS) is 12.6. The zero-order chi connectivity index (χ0) is 13.1. The second-order valence-corrected chi connectivity index (χ2v) is 4.31. The molecule has 7 nitrogen and oxygen atoms in total. The third-order valence-corrected chi connectivity index (χ3v) is 2.81. The van der Waals surface area contributed by atoms with Gasteiger partial charge in [-0.3, -0.25) is 5.10 Å². The van der Waals surface area contributed by atoms with Gasteiger partial charge in [0.15, 0.2) is 0 Å². The number of hydrogen-bond acceptors (Lipinski definition) is 5. The molecule has 2 aromatic heterocycles. The molecule has 1 atom stereocenters. The number of aromatic amines is 1. The summed E-state index contributed by atoms with van der Waals surface area (Å²) in [5, 5.41) is 14.4. The number of nitrogens with one attached hydrogen (secondary N) is 2. The standard InChI is InChI=1S/C11H19N7/c1-4-5-18-11(9(12)7(2)17-18)15-8(3)10-13-6-14-16-10/h6,8,15H,4-5,12H2,1-3H3,(H,13,14,16). The summed E-state index contributed by atoms with van der Waals surface area (Å²) in [4.78, 5) is 4.12. The van der Waals surface area contributed by atoms with Gasteiger partial charge in [-0.1, -0.05) is 6.92 Å². The average molecular weight is 249 g/mol. The van der Waals surface area contributed by atoms with Gasteiger partial charge in [0.05, 0.1) is 17.4 Å². The Morgan fingerprint density at radius 3 is 2.94 bits per heavy atom. The van der Waals surface area contributed by atoms with Crippen LogP contribution in [-0.2, 0) is 6.54 Å². The number of nitrogens with zero attached hydrogens (tertiary/aromatic N) is 4. The molecule has 0 aliphatic rings. The van der Waals surface area contributed by atoms with E-state index in [1.54, 1.807) is 0 Å². The maximum Gasteiger partial charge on any atom is 0.148 e. The lowest BCUT2D eigenvalue weighted by Crippen LogP contribution is -2.14. The number of nitrogens with two attached hydrogens (primary N) is 1. The summed E-state index contributed by atoms with van der Waals surface area (Å²) < 4.78 is 1.90. The largest absolute Gasteiger partial charge is 0.394 e. The smallest absolute Gasteiger partial charge is 0.148 e. The van der Waals surface area contributed by atoms with Crippen molar-refractivity contribution < 1.29 is 0 Å². The van der Waals surface area contributed by atoms with Crippen LogP contribution in [0.2, 0.25) is 0 Å². The van der Waals surface area contributed by atoms with Crippen molar-refractivity contribution in [2.75, 3.05) is 11.1 Å². The first kappa shape index (κ1) is 12.4. The van der Waals surface area contributed by atoms with E-state index in [4.69, 9.17) is 5.73 Å². The highest BCUT2D eigenvalue weighted by Crippen LogP contribution is 2.25. The van der Waals surface area contributed by atoms with Crippen molar-refractivity contribution in [1.82, 2.24) is 25.0 Å². The van der Waals surface area contributed by atoms with Gasteiger partial charge in [-0.15, -0.1) is 0 Å². The number of nitrogen functional groups attached to an aromatic ring is 1. The third-order valence-electron chi connectivity index (χ3n) is 2.81. The Morgan fingerprint density at radius 2 is 2.33 bits per heavy atom. The minimum Gasteiger partial charge on any atom is -0.394 e. The quantitative estimate of drug-likeness (QED) is 0.745. The summed E-state index contributed by atoms with van der Waals surface area (Å²) in [5.74, 6) is 1.62. The molecule has 0 amide bonds. The first-order chi connectivity index (χ1) is 8.63. The summed E-state index contributed by atoms with van der Waals surface area (Å²) in [6, 6.07) is 0.00139. The molecule has 2 rings (SSSR count). The molecule has 98 valence electrons. The average Bonchev–Trinajstić information content (AvgIpc) is 2.94. The minimum absolute atomic E-state index is 0.00139. The molecule has 0 fully saturated rings. The van der Waals surface area contributed by atoms with Crippen LogP contribution < -0.4 is 11.1 Å². The lowest BCUT2D eigenvalue weighted by atomic mass is 10.3. The monoisotopic (exact) mass is 249 g/mol. The number of anilines is 2. The lowest BCUT2D eigenvalue weighted by Gasteiger charge is -2.14. The molecular formula is C11H19N7. The van der Waals surface area contributed by atoms with Crippen LogP contribution in [0.3, 0.4) is 0 Å². The van der Waals surface area contributed by atoms with Crippen LogP contribution in [0.1, 0.15) is 37.8 Å². The maximum atomic E-state index is 6.04. The summed E-state index contributed by atoms with van der Waals surface area (Å²) >= 11 is 0. The molecule has 0 saturated heterocycles. The fraction of sp³-hybridized carbons (Fsp3) is 0.545. The summed E-state index contributed by atoms with van der Waals surface area (Å²) in [6.07, 6.45) is 2.50. The van der Waals surface area contributed by atoms with Gasteiger partial charge >= 0.3 is 0 Å². The van der Waals surface area contributed by atoms with Crippen molar-refractivity contribution in [2.45, 2.75) is 39.8 Å². The second kappa shape index (κ2) is 5.07. The van der Waals surface area contributed by atoms with Crippen molar-refractivity contribution in [2.24, 2.45) is 0 Å². The van der Waals surface area contributed by atoms with Crippen LogP contribution in [0.5, 0.6) is 0 Å². The summed E-state index contributed by atoms with van der Waals surface area (Å²) in [5.41, 5.74) is 7.58. The van der Waals surface area contributed by atoms with Crippen LogP contribution in [0.4, 0.5) is 11.5 Å². The molecular weight excluding hydrogens is 230 g/mol. The molecule has 7 heteroatoms. The predicted molar refractivity (Wildman–Crippen MR) is 70.1 cm³/mol. The van der Waals surface area contributed by atoms with E-state index in [9.17, 15) is 0 Å². The number of rotatable bonds is 5. The Balaban J connectivity index is 2.22. The molecule has 0 bridgehead atoms. The van der Waals surface area contributed by atoms with Gasteiger partial charge in [0.25, 0.3) is 0 Å². The van der Waals surface area contributed by atoms with Crippen molar-refractivity contribution in [1.29, 1.82) is 0 Å². The molecule has 18 heavy (non-hydrogen) atoms. The molecule has 1 unspecified atom stereocenters. The van der Waals surface area contributed by atoms with Crippen LogP contribution in [-0.4, -0.2) is 25.0 Å². The first-order valence-electron chi connectivity index (χ1n) is 6.08. The Kier molecular flexibility index (Phi) is 3.50. The topological polar surface area (TPSA) is 97.4 Å². The van der Waals surface area contributed by atoms with Crippen LogP contribution in [0, 0.1) is 6.92 Å². The number of aryl methyl sites for hydroxylation is 2. The van der Waals surface area contributed by atoms with Gasteiger partial charge in [0.2, 0.25) is 0 Å². The van der Waals surface area contributed by atoms with Gasteiger partial charge in [-0.05, 0) is 20.3 Å². The first-order valence-corrected chi connectivity index (χ1v) is 6.08. The van der Waals surface area contributed by atoms with Gasteiger partial charge in [0, 0.05) is 6.54 Å². The van der Waals surface area contributed by atoms with E-state index in [0.717, 1.165) is 30.3 Å². The highest BCUT2D eigenvalue weighted by Gasteiger charge is 2.16. The van der Waals surface area contributed by atoms with Gasteiger partial charge in [-0.25, -0.2) is 9.67 Å². The van der Waals surface area contributed by atoms with Crippen LogP contribution in [0.15, 0.2) is 6.33 Å². The van der Waals surface area contributed by atoms with Gasteiger partial charge in [0.1, 0.15) is 18.0 Å². The predicted octanol–water partition coefficient (Wildman–Crippen LogP) is 1.47. The van der Waals surface area contributed by atoms with E-state index < -0.39 is 0 Å². The fourth-order valence-electron chi connectivity index (χ4n) is 1.82. The van der Waals surface area contributed by atoms with Crippen molar-refractivity contribution in [3.05, 3.63) is 17.8 Å². The van der Waals surface area contributed by atoms with Gasteiger partial charge in [-0.2, -0.15) is 10.2 Å². The highest BCUT2D eigenvalue weighted by molar-refractivity contribution is 5.65. The van der Waals surface area contributed by atoms with Gasteiger partial charge < -0.3 is 11.1 Å². The fourth-order valence-corrected chi connectivity index (χ4v) is 1.82. The molecule has 0 aromatic carbocycles. The van der Waals surface area contributed by atoms with Crippen molar-refractivity contribution in [3.8, 4) is 0 Å². The minimum atomic E-state index is 0.00139. The Bertz CT molecular complexity index is 500. The van der Waals surface area contributed by atoms with E-state index >= 15 is 0 Å². The van der Waals surface area contributed by atoms with Crippen molar-refractivity contribution in [3.63, 3.8) is 0 Å². The number of H-pyrrole nitrogens is 1. The molecule has 2 aromatic rings. The van der Waals surface area contributed by atoms with E-state index in [2.05, 4.69) is 32.5 Å². The number of hydrogen-bond donors (Lipinski definition) is 3. The molecule has 0 radical (unpaired) electrons. The third kappa shape index (κ3) is 2.29. The van der Waals surface area contributed by atoms with E-state index in [1.165, 1.54) is 6.33 Å². The molecule has 0 aliphatic carbocycles. The molecule has 0 aliphatic heterocycles. The van der Waals surface area contributed by atoms with E-state index in [0.29, 0.717) is 5.69 Å². The summed E-state index contributed by atoms with van der Waals surface area (Å²) in [7, 11) is 0. The molecule has 0 saturated carbocycles. The van der Waals surface area contributed by atoms with Crippen molar-refractivity contribution >= 4 is 11.5 Å². The van der Waals surface area contributed by atoms with E-state index in [-0.39, 0.29) is 6.04 Å². The molecule has 4 N–H and O–H groups in total. The summed E-state index contributed by atoms with van der Waals surface area (Å²) in [6.45, 7) is 6.85. The highest BCUT2D eigenvalue weighted by atomic mass is 15.3. The SMILES string of the molecule is CCCn1nc(C)c(N)c1NC(C)c1ncn[nH]1. The maximum absolute atomic E-state index is 6.04. The Hall–Kier alpha value is -2.05. The van der Waals surface area contributed by atoms with Crippen LogP contribution >= 0.6 is 0 Å². The molecule has 0 spiro atoms. The van der Waals surface area contributed by atoms with Crippen LogP contribution in [0.25, 0.3) is 0 Å². The number of aromatic nitrogens is 5. The Morgan fingerprint density at radius 1 is 1.56 bits per heavy atom. The lowest BCUT2D eigenvalue weighted by molar-refractivity contribution is 0.597. The van der Waals surface area contributed by atoms with E-state index in [1.807, 2.05) is 18.5 Å². The second-order valence-electron chi connectivity index (χ2n) is 4.31. The molecule has 2 heterocycles. The zero-order valence-corrected chi connectivity index (χ0v) is 10.9. The Labute approximate surface area is 106 Å². The zero-order valence-electron chi connectivity index (χ0n) is 10.9.